The van der Waals surface area contributed by atoms with Gasteiger partial charge < -0.3 is 10.2 Å². The highest BCUT2D eigenvalue weighted by Gasteiger charge is 2.25. The standard InChI is InChI=1S/C15H28N4S/c1-12(2)15(19-7-5-18(4)6-8-19)9-16-13(3)14-10-20-11-17-14/h10-13,15-16H,5-9H2,1-4H3. The van der Waals surface area contributed by atoms with Crippen LogP contribution in [0.25, 0.3) is 0 Å². The van der Waals surface area contributed by atoms with Crippen molar-refractivity contribution in [2.45, 2.75) is 32.9 Å². The monoisotopic (exact) mass is 296 g/mol. The summed E-state index contributed by atoms with van der Waals surface area (Å²) in [5.74, 6) is 0.675. The van der Waals surface area contributed by atoms with Gasteiger partial charge in [-0.2, -0.15) is 0 Å². The molecule has 0 radical (unpaired) electrons. The Labute approximate surface area is 127 Å². The molecule has 1 aliphatic rings. The zero-order chi connectivity index (χ0) is 14.5. The van der Waals surface area contributed by atoms with Gasteiger partial charge in [0.25, 0.3) is 0 Å². The fourth-order valence-electron chi connectivity index (χ4n) is 2.78. The summed E-state index contributed by atoms with van der Waals surface area (Å²) in [6.07, 6.45) is 0. The number of nitrogens with one attached hydrogen (secondary N) is 1. The predicted molar refractivity (Wildman–Crippen MR) is 86.2 cm³/mol. The van der Waals surface area contributed by atoms with Gasteiger partial charge >= 0.3 is 0 Å². The van der Waals surface area contributed by atoms with Gasteiger partial charge in [-0.3, -0.25) is 4.90 Å². The van der Waals surface area contributed by atoms with E-state index in [2.05, 4.69) is 53.3 Å². The molecule has 0 saturated carbocycles. The Hall–Kier alpha value is -0.490. The van der Waals surface area contributed by atoms with E-state index in [0.717, 1.165) is 12.2 Å². The average Bonchev–Trinajstić information content (AvgIpc) is 2.94. The average molecular weight is 296 g/mol. The molecular weight excluding hydrogens is 268 g/mol. The molecule has 20 heavy (non-hydrogen) atoms. The van der Waals surface area contributed by atoms with Crippen LogP contribution in [0.3, 0.4) is 0 Å². The zero-order valence-corrected chi connectivity index (χ0v) is 14.0. The number of aromatic nitrogens is 1. The molecule has 0 aromatic carbocycles. The maximum Gasteiger partial charge on any atom is 0.0795 e. The Morgan fingerprint density at radius 1 is 1.25 bits per heavy atom. The molecule has 4 nitrogen and oxygen atoms in total. The molecule has 114 valence electrons. The summed E-state index contributed by atoms with van der Waals surface area (Å²) in [7, 11) is 2.21. The van der Waals surface area contributed by atoms with Crippen LogP contribution in [0, 0.1) is 5.92 Å². The summed E-state index contributed by atoms with van der Waals surface area (Å²) < 4.78 is 0. The smallest absolute Gasteiger partial charge is 0.0795 e. The van der Waals surface area contributed by atoms with Crippen molar-refractivity contribution in [3.05, 3.63) is 16.6 Å². The second kappa shape index (κ2) is 7.50. The SMILES string of the molecule is CC(NCC(C(C)C)N1CCN(C)CC1)c1cscn1. The quantitative estimate of drug-likeness (QED) is 0.871. The number of piperazine rings is 1. The van der Waals surface area contributed by atoms with Crippen molar-refractivity contribution in [2.24, 2.45) is 5.92 Å². The third-order valence-corrected chi connectivity index (χ3v) is 4.91. The Kier molecular flexibility index (Phi) is 5.96. The molecule has 2 atom stereocenters. The van der Waals surface area contributed by atoms with Crippen LogP contribution in [0.1, 0.15) is 32.5 Å². The topological polar surface area (TPSA) is 31.4 Å². The first-order valence-corrected chi connectivity index (χ1v) is 8.56. The van der Waals surface area contributed by atoms with Gasteiger partial charge in [-0.15, -0.1) is 11.3 Å². The van der Waals surface area contributed by atoms with Crippen molar-refractivity contribution < 1.29 is 0 Å². The summed E-state index contributed by atoms with van der Waals surface area (Å²) in [5, 5.41) is 5.80. The maximum atomic E-state index is 4.40. The molecule has 1 saturated heterocycles. The van der Waals surface area contributed by atoms with Crippen LogP contribution >= 0.6 is 11.3 Å². The minimum atomic E-state index is 0.343. The van der Waals surface area contributed by atoms with Crippen molar-refractivity contribution >= 4 is 11.3 Å². The number of likely N-dealkylation sites (N-methyl/N-ethyl adjacent to an activating group) is 1. The number of nitrogens with zero attached hydrogens (tertiary/aromatic N) is 3. The molecule has 2 unspecified atom stereocenters. The Morgan fingerprint density at radius 3 is 2.50 bits per heavy atom. The normalized spacial score (nSPS) is 21.2. The molecule has 1 N–H and O–H groups in total. The number of thiazole rings is 1. The van der Waals surface area contributed by atoms with E-state index in [1.165, 1.54) is 26.2 Å². The van der Waals surface area contributed by atoms with Crippen LogP contribution in [-0.2, 0) is 0 Å². The summed E-state index contributed by atoms with van der Waals surface area (Å²) >= 11 is 1.67. The third kappa shape index (κ3) is 4.25. The molecule has 1 aromatic rings. The zero-order valence-electron chi connectivity index (χ0n) is 13.2. The fourth-order valence-corrected chi connectivity index (χ4v) is 3.43. The van der Waals surface area contributed by atoms with E-state index in [4.69, 9.17) is 0 Å². The second-order valence-electron chi connectivity index (χ2n) is 6.19. The number of hydrogen-bond acceptors (Lipinski definition) is 5. The summed E-state index contributed by atoms with van der Waals surface area (Å²) in [6.45, 7) is 12.7. The molecule has 0 aliphatic carbocycles. The third-order valence-electron chi connectivity index (χ3n) is 4.30. The minimum Gasteiger partial charge on any atom is -0.307 e. The van der Waals surface area contributed by atoms with Crippen molar-refractivity contribution in [3.63, 3.8) is 0 Å². The Morgan fingerprint density at radius 2 is 1.95 bits per heavy atom. The van der Waals surface area contributed by atoms with Crippen molar-refractivity contribution in [1.29, 1.82) is 0 Å². The van der Waals surface area contributed by atoms with E-state index >= 15 is 0 Å². The molecule has 1 aromatic heterocycles. The molecule has 1 aliphatic heterocycles. The van der Waals surface area contributed by atoms with E-state index in [9.17, 15) is 0 Å². The van der Waals surface area contributed by atoms with Gasteiger partial charge in [-0.1, -0.05) is 13.8 Å². The lowest BCUT2D eigenvalue weighted by Crippen LogP contribution is -2.53. The van der Waals surface area contributed by atoms with E-state index in [0.29, 0.717) is 18.0 Å². The van der Waals surface area contributed by atoms with Gasteiger partial charge in [0.1, 0.15) is 0 Å². The van der Waals surface area contributed by atoms with Crippen LogP contribution < -0.4 is 5.32 Å². The summed E-state index contributed by atoms with van der Waals surface area (Å²) in [6, 6.07) is 0.958. The van der Waals surface area contributed by atoms with Gasteiger partial charge in [0.15, 0.2) is 0 Å². The molecule has 0 spiro atoms. The van der Waals surface area contributed by atoms with E-state index in [1.807, 2.05) is 5.51 Å². The van der Waals surface area contributed by atoms with Crippen LogP contribution in [0.4, 0.5) is 0 Å². The van der Waals surface area contributed by atoms with Gasteiger partial charge in [-0.05, 0) is 19.9 Å². The summed E-state index contributed by atoms with van der Waals surface area (Å²) in [5.41, 5.74) is 3.07. The molecule has 2 rings (SSSR count). The van der Waals surface area contributed by atoms with Crippen molar-refractivity contribution in [2.75, 3.05) is 39.8 Å². The van der Waals surface area contributed by atoms with Crippen LogP contribution in [-0.4, -0.2) is 60.6 Å². The van der Waals surface area contributed by atoms with E-state index in [-0.39, 0.29) is 0 Å². The van der Waals surface area contributed by atoms with E-state index in [1.54, 1.807) is 11.3 Å². The highest BCUT2D eigenvalue weighted by molar-refractivity contribution is 7.07. The first-order valence-electron chi connectivity index (χ1n) is 7.62. The lowest BCUT2D eigenvalue weighted by molar-refractivity contribution is 0.0862. The van der Waals surface area contributed by atoms with Crippen molar-refractivity contribution in [1.82, 2.24) is 20.1 Å². The van der Waals surface area contributed by atoms with Gasteiger partial charge in [0.05, 0.1) is 11.2 Å². The Balaban J connectivity index is 1.86. The molecular formula is C15H28N4S. The molecule has 0 amide bonds. The molecule has 0 bridgehead atoms. The lowest BCUT2D eigenvalue weighted by atomic mass is 10.0. The van der Waals surface area contributed by atoms with Crippen LogP contribution in [0.5, 0.6) is 0 Å². The fraction of sp³-hybridized carbons (Fsp3) is 0.800. The predicted octanol–water partition coefficient (Wildman–Crippen LogP) is 2.07. The Bertz CT molecular complexity index is 371. The van der Waals surface area contributed by atoms with Crippen molar-refractivity contribution in [3.8, 4) is 0 Å². The van der Waals surface area contributed by atoms with E-state index < -0.39 is 0 Å². The number of rotatable bonds is 6. The second-order valence-corrected chi connectivity index (χ2v) is 6.91. The summed E-state index contributed by atoms with van der Waals surface area (Å²) in [4.78, 5) is 9.46. The van der Waals surface area contributed by atoms with Crippen LogP contribution in [0.15, 0.2) is 10.9 Å². The van der Waals surface area contributed by atoms with Gasteiger partial charge in [-0.25, -0.2) is 4.98 Å². The van der Waals surface area contributed by atoms with Gasteiger partial charge in [0, 0.05) is 50.2 Å². The first kappa shape index (κ1) is 15.9. The molecule has 5 heteroatoms. The first-order chi connectivity index (χ1) is 9.58. The highest BCUT2D eigenvalue weighted by Crippen LogP contribution is 2.16. The molecule has 1 fully saturated rings. The maximum absolute atomic E-state index is 4.40. The largest absolute Gasteiger partial charge is 0.307 e. The highest BCUT2D eigenvalue weighted by atomic mass is 32.1. The molecule has 2 heterocycles. The van der Waals surface area contributed by atoms with Crippen LogP contribution in [0.2, 0.25) is 0 Å². The van der Waals surface area contributed by atoms with Gasteiger partial charge in [0.2, 0.25) is 0 Å². The minimum absolute atomic E-state index is 0.343. The number of hydrogen-bond donors (Lipinski definition) is 1. The lowest BCUT2D eigenvalue weighted by Gasteiger charge is -2.40.